The van der Waals surface area contributed by atoms with Gasteiger partial charge < -0.3 is 19.1 Å². The summed E-state index contributed by atoms with van der Waals surface area (Å²) in [6.45, 7) is 8.67. The molecule has 4 fully saturated rings. The highest BCUT2D eigenvalue weighted by atomic mass is 35.5. The van der Waals surface area contributed by atoms with Crippen molar-refractivity contribution in [3.05, 3.63) is 24.0 Å². The standard InChI is InChI=1S/C25H34FN3O5.ClH/c1-16(2)34-21-5-4-17(26)12-20(21)28-10-8-27(9-11-28)6-3-7-29-24(30)18-13-22-23(33-15-32-22)14-19(18)25(29)31;/h4-5,12,16,18-19,22-23H,3,6-11,13-15H2,1-2H3;1H. The monoisotopic (exact) mass is 511 g/mol. The van der Waals surface area contributed by atoms with Crippen molar-refractivity contribution in [3.8, 4) is 5.75 Å². The topological polar surface area (TPSA) is 71.6 Å². The molecule has 3 heterocycles. The molecule has 194 valence electrons. The highest BCUT2D eigenvalue weighted by Crippen LogP contribution is 2.42. The number of hydrogen-bond donors (Lipinski definition) is 0. The van der Waals surface area contributed by atoms with Gasteiger partial charge in [0.1, 0.15) is 18.4 Å². The van der Waals surface area contributed by atoms with Crippen molar-refractivity contribution in [2.45, 2.75) is 51.4 Å². The molecule has 2 amide bonds. The summed E-state index contributed by atoms with van der Waals surface area (Å²) in [6, 6.07) is 4.67. The van der Waals surface area contributed by atoms with Crippen LogP contribution in [0.1, 0.15) is 33.1 Å². The van der Waals surface area contributed by atoms with Crippen LogP contribution in [0.25, 0.3) is 0 Å². The molecule has 3 saturated heterocycles. The van der Waals surface area contributed by atoms with Crippen LogP contribution in [0.15, 0.2) is 18.2 Å². The lowest BCUT2D eigenvalue weighted by atomic mass is 9.78. The third-order valence-corrected chi connectivity index (χ3v) is 7.46. The minimum absolute atomic E-state index is 0. The highest BCUT2D eigenvalue weighted by molar-refractivity contribution is 6.05. The number of fused-ring (bicyclic) bond motifs is 2. The molecule has 4 atom stereocenters. The summed E-state index contributed by atoms with van der Waals surface area (Å²) in [4.78, 5) is 31.8. The summed E-state index contributed by atoms with van der Waals surface area (Å²) in [5, 5.41) is 0. The van der Waals surface area contributed by atoms with E-state index in [1.165, 1.54) is 11.0 Å². The fourth-order valence-corrected chi connectivity index (χ4v) is 5.73. The van der Waals surface area contributed by atoms with Gasteiger partial charge in [0.25, 0.3) is 0 Å². The van der Waals surface area contributed by atoms with Gasteiger partial charge in [-0.05, 0) is 51.8 Å². The van der Waals surface area contributed by atoms with Gasteiger partial charge in [0.05, 0.1) is 35.8 Å². The zero-order chi connectivity index (χ0) is 23.8. The van der Waals surface area contributed by atoms with Gasteiger partial charge in [0.2, 0.25) is 11.8 Å². The minimum Gasteiger partial charge on any atom is -0.489 e. The third-order valence-electron chi connectivity index (χ3n) is 7.46. The van der Waals surface area contributed by atoms with Crippen molar-refractivity contribution in [1.29, 1.82) is 0 Å². The molecule has 1 aromatic carbocycles. The van der Waals surface area contributed by atoms with Gasteiger partial charge in [-0.3, -0.25) is 19.4 Å². The number of benzene rings is 1. The van der Waals surface area contributed by atoms with E-state index in [2.05, 4.69) is 9.80 Å². The van der Waals surface area contributed by atoms with Gasteiger partial charge in [-0.2, -0.15) is 0 Å². The molecule has 1 saturated carbocycles. The lowest BCUT2D eigenvalue weighted by Gasteiger charge is -2.37. The van der Waals surface area contributed by atoms with Crippen LogP contribution in [0.3, 0.4) is 0 Å². The number of anilines is 1. The number of halogens is 2. The predicted octanol–water partition coefficient (Wildman–Crippen LogP) is 2.68. The Kier molecular flexibility index (Phi) is 8.20. The van der Waals surface area contributed by atoms with Crippen LogP contribution >= 0.6 is 12.4 Å². The average molecular weight is 512 g/mol. The second kappa shape index (κ2) is 11.0. The first kappa shape index (κ1) is 26.1. The zero-order valence-electron chi connectivity index (χ0n) is 20.4. The summed E-state index contributed by atoms with van der Waals surface area (Å²) in [7, 11) is 0. The zero-order valence-corrected chi connectivity index (χ0v) is 21.2. The number of hydrogen-bond acceptors (Lipinski definition) is 7. The molecule has 4 unspecified atom stereocenters. The lowest BCUT2D eigenvalue weighted by molar-refractivity contribution is -0.140. The molecule has 35 heavy (non-hydrogen) atoms. The molecule has 0 bridgehead atoms. The first-order valence-corrected chi connectivity index (χ1v) is 12.4. The predicted molar refractivity (Wildman–Crippen MR) is 130 cm³/mol. The summed E-state index contributed by atoms with van der Waals surface area (Å²) < 4.78 is 30.9. The second-order valence-electron chi connectivity index (χ2n) is 10.0. The van der Waals surface area contributed by atoms with Gasteiger partial charge in [0, 0.05) is 38.8 Å². The van der Waals surface area contributed by atoms with E-state index in [4.69, 9.17) is 14.2 Å². The van der Waals surface area contributed by atoms with E-state index < -0.39 is 0 Å². The molecule has 0 aromatic heterocycles. The van der Waals surface area contributed by atoms with Gasteiger partial charge in [-0.1, -0.05) is 0 Å². The summed E-state index contributed by atoms with van der Waals surface area (Å²) in [6.07, 6.45) is 1.82. The summed E-state index contributed by atoms with van der Waals surface area (Å²) in [5.41, 5.74) is 0.793. The first-order valence-electron chi connectivity index (χ1n) is 12.4. The molecule has 0 spiro atoms. The molecule has 3 aliphatic heterocycles. The van der Waals surface area contributed by atoms with Crippen LogP contribution < -0.4 is 9.64 Å². The summed E-state index contributed by atoms with van der Waals surface area (Å²) >= 11 is 0. The highest BCUT2D eigenvalue weighted by Gasteiger charge is 2.54. The summed E-state index contributed by atoms with van der Waals surface area (Å²) in [5.74, 6) is -0.164. The van der Waals surface area contributed by atoms with E-state index in [0.717, 1.165) is 44.8 Å². The Bertz CT molecular complexity index is 896. The number of ether oxygens (including phenoxy) is 3. The quantitative estimate of drug-likeness (QED) is 0.521. The van der Waals surface area contributed by atoms with E-state index in [0.29, 0.717) is 25.1 Å². The largest absolute Gasteiger partial charge is 0.489 e. The molecule has 4 aliphatic rings. The Hall–Kier alpha value is -1.94. The van der Waals surface area contributed by atoms with Crippen LogP contribution in [-0.4, -0.2) is 86.0 Å². The molecular formula is C25H35ClFN3O5. The number of likely N-dealkylation sites (tertiary alicyclic amines) is 1. The van der Waals surface area contributed by atoms with E-state index in [-0.39, 0.29) is 67.0 Å². The number of imide groups is 1. The van der Waals surface area contributed by atoms with Crippen LogP contribution in [0.2, 0.25) is 0 Å². The SMILES string of the molecule is CC(C)Oc1ccc(F)cc1N1CCN(CCCN2C(=O)C3CC4OCOC4CC3C2=O)CC1.Cl. The average Bonchev–Trinajstić information content (AvgIpc) is 3.37. The molecule has 0 N–H and O–H groups in total. The normalized spacial score (nSPS) is 28.8. The maximum Gasteiger partial charge on any atom is 0.233 e. The molecule has 8 nitrogen and oxygen atoms in total. The van der Waals surface area contributed by atoms with Crippen LogP contribution in [-0.2, 0) is 19.1 Å². The minimum atomic E-state index is -0.268. The van der Waals surface area contributed by atoms with Crippen molar-refractivity contribution in [2.75, 3.05) is 51.0 Å². The smallest absolute Gasteiger partial charge is 0.233 e. The number of piperazine rings is 1. The van der Waals surface area contributed by atoms with Gasteiger partial charge in [0.15, 0.2) is 0 Å². The maximum absolute atomic E-state index is 13.9. The molecule has 5 rings (SSSR count). The van der Waals surface area contributed by atoms with E-state index in [1.807, 2.05) is 13.8 Å². The van der Waals surface area contributed by atoms with Crippen molar-refractivity contribution in [1.82, 2.24) is 9.80 Å². The Morgan fingerprint density at radius 2 is 1.63 bits per heavy atom. The first-order chi connectivity index (χ1) is 16.4. The Morgan fingerprint density at radius 3 is 2.23 bits per heavy atom. The molecule has 1 aliphatic carbocycles. The van der Waals surface area contributed by atoms with Crippen molar-refractivity contribution in [2.24, 2.45) is 11.8 Å². The van der Waals surface area contributed by atoms with Crippen molar-refractivity contribution >= 4 is 29.9 Å². The number of carbonyl (C=O) groups excluding carboxylic acids is 2. The Balaban J connectivity index is 0.00000289. The maximum atomic E-state index is 13.9. The lowest BCUT2D eigenvalue weighted by Crippen LogP contribution is -2.47. The number of carbonyl (C=O) groups is 2. The number of amides is 2. The van der Waals surface area contributed by atoms with Gasteiger partial charge in [-0.15, -0.1) is 12.4 Å². The molecular weight excluding hydrogens is 477 g/mol. The number of nitrogens with zero attached hydrogens (tertiary/aromatic N) is 3. The van der Waals surface area contributed by atoms with E-state index in [1.54, 1.807) is 12.1 Å². The van der Waals surface area contributed by atoms with Crippen LogP contribution in [0, 0.1) is 17.7 Å². The van der Waals surface area contributed by atoms with Crippen LogP contribution in [0.4, 0.5) is 10.1 Å². The fourth-order valence-electron chi connectivity index (χ4n) is 5.73. The Labute approximate surface area is 212 Å². The van der Waals surface area contributed by atoms with E-state index in [9.17, 15) is 14.0 Å². The second-order valence-corrected chi connectivity index (χ2v) is 10.0. The molecule has 1 aromatic rings. The Morgan fingerprint density at radius 1 is 1.00 bits per heavy atom. The van der Waals surface area contributed by atoms with Crippen LogP contribution in [0.5, 0.6) is 5.75 Å². The molecule has 10 heteroatoms. The third kappa shape index (κ3) is 5.43. The van der Waals surface area contributed by atoms with Crippen molar-refractivity contribution in [3.63, 3.8) is 0 Å². The van der Waals surface area contributed by atoms with E-state index >= 15 is 0 Å². The van der Waals surface area contributed by atoms with Crippen molar-refractivity contribution < 1.29 is 28.2 Å². The van der Waals surface area contributed by atoms with Gasteiger partial charge in [-0.25, -0.2) is 4.39 Å². The molecule has 0 radical (unpaired) electrons. The number of rotatable bonds is 7. The van der Waals surface area contributed by atoms with Gasteiger partial charge >= 0.3 is 0 Å². The fraction of sp³-hybridized carbons (Fsp3) is 0.680.